The van der Waals surface area contributed by atoms with Gasteiger partial charge in [-0.05, 0) is 38.4 Å². The molecular formula is C18H34N2O. The van der Waals surface area contributed by atoms with E-state index in [-0.39, 0.29) is 0 Å². The molecule has 0 saturated heterocycles. The van der Waals surface area contributed by atoms with Gasteiger partial charge in [-0.1, -0.05) is 40.5 Å². The summed E-state index contributed by atoms with van der Waals surface area (Å²) in [5.41, 5.74) is 1.34. The Kier molecular flexibility index (Phi) is 8.70. The van der Waals surface area contributed by atoms with E-state index in [1.807, 2.05) is 0 Å². The van der Waals surface area contributed by atoms with Crippen molar-refractivity contribution in [2.75, 3.05) is 19.6 Å². The van der Waals surface area contributed by atoms with Crippen LogP contribution in [0.15, 0.2) is 10.5 Å². The molecule has 1 rings (SSSR count). The van der Waals surface area contributed by atoms with Gasteiger partial charge in [0.25, 0.3) is 0 Å². The predicted octanol–water partition coefficient (Wildman–Crippen LogP) is 4.35. The van der Waals surface area contributed by atoms with Crippen molar-refractivity contribution in [2.45, 2.75) is 67.0 Å². The van der Waals surface area contributed by atoms with Crippen LogP contribution in [-0.4, -0.2) is 24.5 Å². The molecule has 3 heteroatoms. The summed E-state index contributed by atoms with van der Waals surface area (Å²) in [7, 11) is 0. The summed E-state index contributed by atoms with van der Waals surface area (Å²) in [5.74, 6) is 2.95. The van der Waals surface area contributed by atoms with Gasteiger partial charge < -0.3 is 9.73 Å². The summed E-state index contributed by atoms with van der Waals surface area (Å²) in [6.07, 6.45) is 3.69. The summed E-state index contributed by atoms with van der Waals surface area (Å²) < 4.78 is 5.88. The second-order valence-electron chi connectivity index (χ2n) is 5.98. The van der Waals surface area contributed by atoms with Crippen LogP contribution < -0.4 is 5.32 Å². The zero-order valence-corrected chi connectivity index (χ0v) is 14.7. The largest absolute Gasteiger partial charge is 0.465 e. The molecule has 122 valence electrons. The van der Waals surface area contributed by atoms with Crippen molar-refractivity contribution in [1.29, 1.82) is 0 Å². The lowest BCUT2D eigenvalue weighted by molar-refractivity contribution is 0.225. The molecule has 0 atom stereocenters. The van der Waals surface area contributed by atoms with Crippen molar-refractivity contribution < 1.29 is 4.42 Å². The maximum absolute atomic E-state index is 5.88. The molecule has 0 saturated carbocycles. The van der Waals surface area contributed by atoms with Crippen molar-refractivity contribution in [3.05, 3.63) is 23.2 Å². The Morgan fingerprint density at radius 3 is 2.48 bits per heavy atom. The molecular weight excluding hydrogens is 260 g/mol. The minimum Gasteiger partial charge on any atom is -0.465 e. The molecule has 0 unspecified atom stereocenters. The van der Waals surface area contributed by atoms with Crippen LogP contribution in [-0.2, 0) is 13.1 Å². The van der Waals surface area contributed by atoms with Gasteiger partial charge in [0.1, 0.15) is 11.5 Å². The third-order valence-corrected chi connectivity index (χ3v) is 4.31. The Balaban J connectivity index is 2.58. The molecule has 1 N–H and O–H groups in total. The predicted molar refractivity (Wildman–Crippen MR) is 90.5 cm³/mol. The standard InChI is InChI=1S/C18H34N2O/c1-6-10-19-12-18-11-17(15(5)21-18)14-20(9-4)13-16(7-2)8-3/h11,16,19H,6-10,12-14H2,1-5H3. The van der Waals surface area contributed by atoms with E-state index in [9.17, 15) is 0 Å². The molecule has 0 aliphatic carbocycles. The highest BCUT2D eigenvalue weighted by Gasteiger charge is 2.14. The van der Waals surface area contributed by atoms with Crippen molar-refractivity contribution >= 4 is 0 Å². The fourth-order valence-electron chi connectivity index (χ4n) is 2.68. The second-order valence-corrected chi connectivity index (χ2v) is 5.98. The van der Waals surface area contributed by atoms with E-state index in [0.29, 0.717) is 0 Å². The topological polar surface area (TPSA) is 28.4 Å². The number of rotatable bonds is 11. The molecule has 0 aliphatic rings. The minimum atomic E-state index is 0.808. The average Bonchev–Trinajstić information content (AvgIpc) is 2.83. The Hall–Kier alpha value is -0.800. The van der Waals surface area contributed by atoms with Gasteiger partial charge in [-0.15, -0.1) is 0 Å². The van der Waals surface area contributed by atoms with Crippen molar-refractivity contribution in [2.24, 2.45) is 5.92 Å². The maximum Gasteiger partial charge on any atom is 0.118 e. The van der Waals surface area contributed by atoms with Crippen LogP contribution >= 0.6 is 0 Å². The normalized spacial score (nSPS) is 11.8. The van der Waals surface area contributed by atoms with Crippen LogP contribution in [0.5, 0.6) is 0 Å². The fraction of sp³-hybridized carbons (Fsp3) is 0.778. The number of nitrogens with zero attached hydrogens (tertiary/aromatic N) is 1. The molecule has 1 aromatic rings. The lowest BCUT2D eigenvalue weighted by atomic mass is 10.0. The first-order valence-corrected chi connectivity index (χ1v) is 8.65. The van der Waals surface area contributed by atoms with E-state index in [4.69, 9.17) is 4.42 Å². The van der Waals surface area contributed by atoms with E-state index in [1.54, 1.807) is 0 Å². The van der Waals surface area contributed by atoms with E-state index in [0.717, 1.165) is 50.0 Å². The van der Waals surface area contributed by atoms with Crippen LogP contribution in [0.4, 0.5) is 0 Å². The summed E-state index contributed by atoms with van der Waals surface area (Å²) in [5, 5.41) is 3.40. The van der Waals surface area contributed by atoms with Gasteiger partial charge in [0.05, 0.1) is 6.54 Å². The first-order chi connectivity index (χ1) is 10.1. The van der Waals surface area contributed by atoms with Crippen LogP contribution in [0, 0.1) is 12.8 Å². The number of aryl methyl sites for hydroxylation is 1. The molecule has 0 aliphatic heterocycles. The summed E-state index contributed by atoms with van der Waals surface area (Å²) in [6.45, 7) is 16.3. The zero-order valence-electron chi connectivity index (χ0n) is 14.7. The van der Waals surface area contributed by atoms with Crippen LogP contribution in [0.1, 0.15) is 64.0 Å². The quantitative estimate of drug-likeness (QED) is 0.615. The second kappa shape index (κ2) is 10.0. The molecule has 0 amide bonds. The van der Waals surface area contributed by atoms with Crippen LogP contribution in [0.25, 0.3) is 0 Å². The smallest absolute Gasteiger partial charge is 0.118 e. The van der Waals surface area contributed by atoms with Crippen LogP contribution in [0.3, 0.4) is 0 Å². The minimum absolute atomic E-state index is 0.808. The van der Waals surface area contributed by atoms with Gasteiger partial charge >= 0.3 is 0 Å². The third kappa shape index (κ3) is 6.23. The molecule has 3 nitrogen and oxygen atoms in total. The Labute approximate surface area is 131 Å². The van der Waals surface area contributed by atoms with Gasteiger partial charge in [0.15, 0.2) is 0 Å². The molecule has 1 heterocycles. The lowest BCUT2D eigenvalue weighted by Crippen LogP contribution is -2.28. The summed E-state index contributed by atoms with van der Waals surface area (Å²) in [4.78, 5) is 2.54. The van der Waals surface area contributed by atoms with Gasteiger partial charge in [0.2, 0.25) is 0 Å². The summed E-state index contributed by atoms with van der Waals surface area (Å²) in [6, 6.07) is 2.23. The maximum atomic E-state index is 5.88. The Morgan fingerprint density at radius 1 is 1.19 bits per heavy atom. The number of hydrogen-bond acceptors (Lipinski definition) is 3. The van der Waals surface area contributed by atoms with Crippen LogP contribution in [0.2, 0.25) is 0 Å². The molecule has 0 bridgehead atoms. The third-order valence-electron chi connectivity index (χ3n) is 4.31. The first kappa shape index (κ1) is 18.2. The van der Waals surface area contributed by atoms with Crippen molar-refractivity contribution in [1.82, 2.24) is 10.2 Å². The van der Waals surface area contributed by atoms with Crippen molar-refractivity contribution in [3.8, 4) is 0 Å². The molecule has 0 spiro atoms. The van der Waals surface area contributed by atoms with E-state index >= 15 is 0 Å². The molecule has 21 heavy (non-hydrogen) atoms. The molecule has 0 aromatic carbocycles. The van der Waals surface area contributed by atoms with E-state index in [1.165, 1.54) is 24.9 Å². The average molecular weight is 294 g/mol. The monoisotopic (exact) mass is 294 g/mol. The van der Waals surface area contributed by atoms with Gasteiger partial charge in [-0.3, -0.25) is 4.90 Å². The highest BCUT2D eigenvalue weighted by molar-refractivity contribution is 5.20. The van der Waals surface area contributed by atoms with Gasteiger partial charge in [-0.2, -0.15) is 0 Å². The highest BCUT2D eigenvalue weighted by Crippen LogP contribution is 2.18. The van der Waals surface area contributed by atoms with Gasteiger partial charge in [0, 0.05) is 18.7 Å². The zero-order chi connectivity index (χ0) is 15.7. The highest BCUT2D eigenvalue weighted by atomic mass is 16.3. The number of hydrogen-bond donors (Lipinski definition) is 1. The van der Waals surface area contributed by atoms with E-state index in [2.05, 4.69) is 50.9 Å². The first-order valence-electron chi connectivity index (χ1n) is 8.65. The SMILES string of the molecule is CCCNCc1cc(CN(CC)CC(CC)CC)c(C)o1. The molecule has 1 aromatic heterocycles. The Bertz CT molecular complexity index is 383. The Morgan fingerprint density at radius 2 is 1.90 bits per heavy atom. The lowest BCUT2D eigenvalue weighted by Gasteiger charge is -2.24. The van der Waals surface area contributed by atoms with Crippen molar-refractivity contribution in [3.63, 3.8) is 0 Å². The van der Waals surface area contributed by atoms with Gasteiger partial charge in [-0.25, -0.2) is 0 Å². The number of furan rings is 1. The summed E-state index contributed by atoms with van der Waals surface area (Å²) >= 11 is 0. The number of nitrogens with one attached hydrogen (secondary N) is 1. The molecule has 0 radical (unpaired) electrons. The fourth-order valence-corrected chi connectivity index (χ4v) is 2.68. The molecule has 0 fully saturated rings. The van der Waals surface area contributed by atoms with E-state index < -0.39 is 0 Å².